The second-order valence-corrected chi connectivity index (χ2v) is 12.4. The Morgan fingerprint density at radius 2 is 1.25 bits per heavy atom. The normalized spacial score (nSPS) is 51.5. The summed E-state index contributed by atoms with van der Waals surface area (Å²) in [5.41, 5.74) is 0.502. The zero-order valence-corrected chi connectivity index (χ0v) is 17.8. The summed E-state index contributed by atoms with van der Waals surface area (Å²) in [4.78, 5) is 12.8. The predicted octanol–water partition coefficient (Wildman–Crippen LogP) is 5.08. The van der Waals surface area contributed by atoms with Crippen LogP contribution in [-0.4, -0.2) is 24.2 Å². The van der Waals surface area contributed by atoms with E-state index in [1.165, 1.54) is 77.0 Å². The van der Waals surface area contributed by atoms with E-state index in [0.717, 1.165) is 41.9 Å². The van der Waals surface area contributed by atoms with Crippen LogP contribution >= 0.6 is 0 Å². The molecule has 8 aliphatic carbocycles. The topological polar surface area (TPSA) is 38.3 Å². The van der Waals surface area contributed by atoms with Gasteiger partial charge in [-0.3, -0.25) is 4.79 Å². The molecule has 8 aliphatic rings. The lowest BCUT2D eigenvalue weighted by Crippen LogP contribution is -2.54. The molecule has 1 amide bonds. The van der Waals surface area contributed by atoms with Gasteiger partial charge in [-0.05, 0) is 125 Å². The summed E-state index contributed by atoms with van der Waals surface area (Å²) >= 11 is 0. The lowest BCUT2D eigenvalue weighted by atomic mass is 9.49. The van der Waals surface area contributed by atoms with Gasteiger partial charge >= 0.3 is 0 Å². The number of hydrogen-bond acceptors (Lipinski definition) is 2. The van der Waals surface area contributed by atoms with Gasteiger partial charge in [0.05, 0.1) is 11.7 Å². The molecule has 0 heterocycles. The van der Waals surface area contributed by atoms with Crippen LogP contribution in [0.3, 0.4) is 0 Å². The van der Waals surface area contributed by atoms with Crippen molar-refractivity contribution in [3.63, 3.8) is 0 Å². The van der Waals surface area contributed by atoms with Crippen molar-refractivity contribution in [1.82, 2.24) is 5.32 Å². The van der Waals surface area contributed by atoms with Gasteiger partial charge in [0.1, 0.15) is 0 Å². The number of carbonyl (C=O) groups excluding carboxylic acids is 1. The van der Waals surface area contributed by atoms with Crippen molar-refractivity contribution in [2.75, 3.05) is 6.54 Å². The quantitative estimate of drug-likeness (QED) is 0.692. The first-order valence-corrected chi connectivity index (χ1v) is 12.4. The van der Waals surface area contributed by atoms with Gasteiger partial charge in [-0.15, -0.1) is 0 Å². The molecule has 8 bridgehead atoms. The summed E-state index contributed by atoms with van der Waals surface area (Å²) in [7, 11) is 0. The highest BCUT2D eigenvalue weighted by atomic mass is 16.5. The minimum Gasteiger partial charge on any atom is -0.370 e. The number of carbonyl (C=O) groups is 1. The van der Waals surface area contributed by atoms with E-state index in [1.807, 2.05) is 0 Å². The van der Waals surface area contributed by atoms with Crippen LogP contribution in [0.25, 0.3) is 0 Å². The summed E-state index contributed by atoms with van der Waals surface area (Å²) < 4.78 is 6.68. The fraction of sp³-hybridized carbons (Fsp3) is 0.960. The molecule has 8 saturated carbocycles. The third kappa shape index (κ3) is 3.24. The van der Waals surface area contributed by atoms with Crippen molar-refractivity contribution in [2.45, 2.75) is 102 Å². The number of amides is 1. The van der Waals surface area contributed by atoms with Crippen LogP contribution in [0.4, 0.5) is 0 Å². The maximum absolute atomic E-state index is 12.8. The Labute approximate surface area is 170 Å². The lowest BCUT2D eigenvalue weighted by molar-refractivity contribution is -0.183. The van der Waals surface area contributed by atoms with Crippen molar-refractivity contribution in [2.24, 2.45) is 40.9 Å². The molecule has 3 heteroatoms. The number of nitrogens with one attached hydrogen (secondary N) is 1. The zero-order chi connectivity index (χ0) is 18.9. The van der Waals surface area contributed by atoms with Crippen LogP contribution in [0.2, 0.25) is 0 Å². The van der Waals surface area contributed by atoms with Gasteiger partial charge in [0, 0.05) is 13.0 Å². The van der Waals surface area contributed by atoms with Crippen molar-refractivity contribution in [1.29, 1.82) is 0 Å². The first-order valence-electron chi connectivity index (χ1n) is 12.4. The Morgan fingerprint density at radius 3 is 1.71 bits per heavy atom. The van der Waals surface area contributed by atoms with E-state index < -0.39 is 0 Å². The number of ether oxygens (including phenoxy) is 1. The van der Waals surface area contributed by atoms with Gasteiger partial charge in [0.2, 0.25) is 5.91 Å². The monoisotopic (exact) mass is 385 g/mol. The van der Waals surface area contributed by atoms with Gasteiger partial charge in [-0.25, -0.2) is 0 Å². The molecule has 0 aromatic rings. The van der Waals surface area contributed by atoms with Gasteiger partial charge < -0.3 is 10.1 Å². The van der Waals surface area contributed by atoms with E-state index in [-0.39, 0.29) is 11.7 Å². The van der Waals surface area contributed by atoms with Gasteiger partial charge in [-0.2, -0.15) is 0 Å². The van der Waals surface area contributed by atoms with Crippen LogP contribution in [0.15, 0.2) is 0 Å². The highest BCUT2D eigenvalue weighted by Crippen LogP contribution is 2.61. The SMILES string of the molecule is C[C@H](CNC(=O)CC12CC3CC(CC(C3)C1)C2)OC12CC3CC(CC(C3)C1)C2. The maximum atomic E-state index is 12.8. The number of hydrogen-bond donors (Lipinski definition) is 1. The minimum absolute atomic E-state index is 0.150. The fourth-order valence-electron chi connectivity index (χ4n) is 9.81. The van der Waals surface area contributed by atoms with Crippen molar-refractivity contribution >= 4 is 5.91 Å². The zero-order valence-electron chi connectivity index (χ0n) is 17.8. The largest absolute Gasteiger partial charge is 0.370 e. The highest BCUT2D eigenvalue weighted by Gasteiger charge is 2.53. The molecule has 0 radical (unpaired) electrons. The molecule has 3 nitrogen and oxygen atoms in total. The molecular formula is C25H39NO2. The van der Waals surface area contributed by atoms with Crippen molar-refractivity contribution in [3.05, 3.63) is 0 Å². The fourth-order valence-corrected chi connectivity index (χ4v) is 9.81. The summed E-state index contributed by atoms with van der Waals surface area (Å²) in [5.74, 6) is 5.84. The van der Waals surface area contributed by atoms with Crippen LogP contribution in [0, 0.1) is 40.9 Å². The maximum Gasteiger partial charge on any atom is 0.220 e. The Morgan fingerprint density at radius 1 is 0.821 bits per heavy atom. The summed E-state index contributed by atoms with van der Waals surface area (Å²) in [5, 5.41) is 3.28. The molecule has 1 atom stereocenters. The van der Waals surface area contributed by atoms with E-state index in [1.54, 1.807) is 0 Å². The minimum atomic E-state index is 0.150. The predicted molar refractivity (Wildman–Crippen MR) is 110 cm³/mol. The molecule has 0 aromatic heterocycles. The Bertz CT molecular complexity index is 570. The van der Waals surface area contributed by atoms with Crippen LogP contribution in [0.5, 0.6) is 0 Å². The molecule has 0 aliphatic heterocycles. The molecule has 156 valence electrons. The average molecular weight is 386 g/mol. The third-order valence-corrected chi connectivity index (χ3v) is 9.72. The Hall–Kier alpha value is -0.570. The van der Waals surface area contributed by atoms with E-state index in [0.29, 0.717) is 17.9 Å². The van der Waals surface area contributed by atoms with Crippen LogP contribution in [0.1, 0.15) is 90.4 Å². The van der Waals surface area contributed by atoms with E-state index in [4.69, 9.17) is 4.74 Å². The standard InChI is InChI=1S/C25H39NO2/c1-16(28-25-11-20-5-21(12-25)7-22(6-20)13-25)15-26-23(27)14-24-8-17-2-18(9-24)4-19(3-17)10-24/h16-22H,2-15H2,1H3,(H,26,27)/t16-,17?,18?,19?,20?,21?,22?,24?,25?/m1/s1. The van der Waals surface area contributed by atoms with Gasteiger partial charge in [0.15, 0.2) is 0 Å². The smallest absolute Gasteiger partial charge is 0.220 e. The number of rotatable bonds is 6. The molecule has 0 spiro atoms. The Kier molecular flexibility index (Phi) is 4.20. The first-order chi connectivity index (χ1) is 13.5. The van der Waals surface area contributed by atoms with E-state index >= 15 is 0 Å². The molecule has 8 rings (SSSR count). The summed E-state index contributed by atoms with van der Waals surface area (Å²) in [6.45, 7) is 2.89. The van der Waals surface area contributed by atoms with Crippen molar-refractivity contribution in [3.8, 4) is 0 Å². The second-order valence-electron chi connectivity index (χ2n) is 12.4. The molecule has 1 N–H and O–H groups in total. The van der Waals surface area contributed by atoms with Crippen molar-refractivity contribution < 1.29 is 9.53 Å². The van der Waals surface area contributed by atoms with Gasteiger partial charge in [0.25, 0.3) is 0 Å². The van der Waals surface area contributed by atoms with Crippen LogP contribution < -0.4 is 5.32 Å². The molecule has 8 fully saturated rings. The Balaban J connectivity index is 1.02. The highest BCUT2D eigenvalue weighted by molar-refractivity contribution is 5.76. The van der Waals surface area contributed by atoms with E-state index in [2.05, 4.69) is 12.2 Å². The first kappa shape index (κ1) is 18.2. The summed E-state index contributed by atoms with van der Waals surface area (Å²) in [6.07, 6.45) is 17.5. The van der Waals surface area contributed by atoms with E-state index in [9.17, 15) is 4.79 Å². The molecular weight excluding hydrogens is 346 g/mol. The molecule has 0 unspecified atom stereocenters. The second kappa shape index (κ2) is 6.46. The lowest BCUT2D eigenvalue weighted by Gasteiger charge is -2.57. The average Bonchev–Trinajstić information content (AvgIpc) is 2.56. The molecule has 0 saturated heterocycles. The molecule has 0 aromatic carbocycles. The third-order valence-electron chi connectivity index (χ3n) is 9.72. The van der Waals surface area contributed by atoms with Crippen LogP contribution in [-0.2, 0) is 9.53 Å². The summed E-state index contributed by atoms with van der Waals surface area (Å²) in [6, 6.07) is 0. The van der Waals surface area contributed by atoms with Gasteiger partial charge in [-0.1, -0.05) is 0 Å². The molecule has 28 heavy (non-hydrogen) atoms.